The topological polar surface area (TPSA) is 9.23 Å². The van der Waals surface area contributed by atoms with Gasteiger partial charge in [-0.25, -0.2) is 0 Å². The van der Waals surface area contributed by atoms with Crippen molar-refractivity contribution in [3.8, 4) is 0 Å². The van der Waals surface area contributed by atoms with E-state index in [0.29, 0.717) is 5.92 Å². The minimum atomic E-state index is 0.636. The summed E-state index contributed by atoms with van der Waals surface area (Å²) in [6, 6.07) is 8.83. The van der Waals surface area contributed by atoms with Crippen molar-refractivity contribution in [2.45, 2.75) is 32.1 Å². The molecule has 0 aliphatic carbocycles. The first-order chi connectivity index (χ1) is 7.77. The van der Waals surface area contributed by atoms with Gasteiger partial charge in [0, 0.05) is 19.0 Å². The van der Waals surface area contributed by atoms with E-state index in [1.165, 1.54) is 24.0 Å². The van der Waals surface area contributed by atoms with Crippen LogP contribution in [0.5, 0.6) is 0 Å². The van der Waals surface area contributed by atoms with E-state index in [9.17, 15) is 0 Å². The average Bonchev–Trinajstić information content (AvgIpc) is 2.29. The highest BCUT2D eigenvalue weighted by molar-refractivity contribution is 9.09. The normalized spacial score (nSPS) is 12.7. The molecule has 0 N–H and O–H groups in total. The van der Waals surface area contributed by atoms with E-state index in [2.05, 4.69) is 47.1 Å². The summed E-state index contributed by atoms with van der Waals surface area (Å²) >= 11 is 3.62. The summed E-state index contributed by atoms with van der Waals surface area (Å²) in [4.78, 5) is 0. The van der Waals surface area contributed by atoms with Gasteiger partial charge in [-0.05, 0) is 31.2 Å². The zero-order valence-corrected chi connectivity index (χ0v) is 11.8. The van der Waals surface area contributed by atoms with Gasteiger partial charge in [-0.1, -0.05) is 52.2 Å². The summed E-state index contributed by atoms with van der Waals surface area (Å²) in [5.74, 6) is 0.636. The standard InChI is InChI=1S/C14H21BrO/c1-12-6-5-8-13(10-12)14(11-15)7-3-4-9-16-2/h5-6,8,10,14H,3-4,7,9,11H2,1-2H3. The second-order valence-corrected chi connectivity index (χ2v) is 4.90. The molecule has 1 aromatic carbocycles. The Morgan fingerprint density at radius 1 is 1.31 bits per heavy atom. The second-order valence-electron chi connectivity index (χ2n) is 4.25. The van der Waals surface area contributed by atoms with Gasteiger partial charge in [-0.15, -0.1) is 0 Å². The summed E-state index contributed by atoms with van der Waals surface area (Å²) in [6.45, 7) is 3.03. The van der Waals surface area contributed by atoms with Crippen LogP contribution in [0.3, 0.4) is 0 Å². The summed E-state index contributed by atoms with van der Waals surface area (Å²) in [6.07, 6.45) is 3.63. The molecule has 1 nitrogen and oxygen atoms in total. The fourth-order valence-electron chi connectivity index (χ4n) is 1.89. The van der Waals surface area contributed by atoms with Crippen molar-refractivity contribution in [1.29, 1.82) is 0 Å². The zero-order chi connectivity index (χ0) is 11.8. The van der Waals surface area contributed by atoms with Crippen LogP contribution in [0.1, 0.15) is 36.3 Å². The van der Waals surface area contributed by atoms with Crippen LogP contribution in [0, 0.1) is 6.92 Å². The molecule has 90 valence electrons. The summed E-state index contributed by atoms with van der Waals surface area (Å²) in [5, 5.41) is 1.05. The molecule has 0 saturated carbocycles. The Kier molecular flexibility index (Phi) is 6.74. The van der Waals surface area contributed by atoms with Gasteiger partial charge >= 0.3 is 0 Å². The van der Waals surface area contributed by atoms with Crippen LogP contribution in [0.25, 0.3) is 0 Å². The molecule has 0 heterocycles. The van der Waals surface area contributed by atoms with E-state index in [-0.39, 0.29) is 0 Å². The van der Waals surface area contributed by atoms with Gasteiger partial charge in [0.2, 0.25) is 0 Å². The number of rotatable bonds is 7. The molecule has 0 saturated heterocycles. The predicted molar refractivity (Wildman–Crippen MR) is 73.4 cm³/mol. The van der Waals surface area contributed by atoms with Crippen LogP contribution in [0.2, 0.25) is 0 Å². The SMILES string of the molecule is COCCCCC(CBr)c1cccc(C)c1. The minimum absolute atomic E-state index is 0.636. The molecule has 0 aliphatic heterocycles. The Bertz CT molecular complexity index is 299. The number of hydrogen-bond acceptors (Lipinski definition) is 1. The molecular weight excluding hydrogens is 264 g/mol. The molecule has 0 aromatic heterocycles. The highest BCUT2D eigenvalue weighted by Gasteiger charge is 2.09. The van der Waals surface area contributed by atoms with Crippen LogP contribution in [-0.4, -0.2) is 19.0 Å². The number of hydrogen-bond donors (Lipinski definition) is 0. The van der Waals surface area contributed by atoms with Crippen molar-refractivity contribution >= 4 is 15.9 Å². The van der Waals surface area contributed by atoms with Crippen molar-refractivity contribution in [2.24, 2.45) is 0 Å². The van der Waals surface area contributed by atoms with E-state index < -0.39 is 0 Å². The molecule has 0 radical (unpaired) electrons. The first kappa shape index (κ1) is 13.7. The second kappa shape index (κ2) is 7.86. The number of unbranched alkanes of at least 4 members (excludes halogenated alkanes) is 1. The number of methoxy groups -OCH3 is 1. The Morgan fingerprint density at radius 3 is 2.75 bits per heavy atom. The van der Waals surface area contributed by atoms with Crippen molar-refractivity contribution in [1.82, 2.24) is 0 Å². The summed E-state index contributed by atoms with van der Waals surface area (Å²) < 4.78 is 5.07. The molecule has 2 heteroatoms. The van der Waals surface area contributed by atoms with Crippen molar-refractivity contribution in [2.75, 3.05) is 19.0 Å². The quantitative estimate of drug-likeness (QED) is 0.536. The molecule has 0 aliphatic rings. The number of benzene rings is 1. The fraction of sp³-hybridized carbons (Fsp3) is 0.571. The van der Waals surface area contributed by atoms with Gasteiger partial charge in [0.05, 0.1) is 0 Å². The Hall–Kier alpha value is -0.340. The van der Waals surface area contributed by atoms with E-state index in [4.69, 9.17) is 4.74 Å². The van der Waals surface area contributed by atoms with Gasteiger partial charge in [0.1, 0.15) is 0 Å². The van der Waals surface area contributed by atoms with Crippen LogP contribution >= 0.6 is 15.9 Å². The van der Waals surface area contributed by atoms with Gasteiger partial charge in [0.15, 0.2) is 0 Å². The molecule has 1 rings (SSSR count). The largest absolute Gasteiger partial charge is 0.385 e. The van der Waals surface area contributed by atoms with Crippen LogP contribution in [0.4, 0.5) is 0 Å². The molecule has 1 unspecified atom stereocenters. The Balaban J connectivity index is 2.47. The van der Waals surface area contributed by atoms with Gasteiger partial charge < -0.3 is 4.74 Å². The highest BCUT2D eigenvalue weighted by Crippen LogP contribution is 2.24. The fourth-order valence-corrected chi connectivity index (χ4v) is 2.59. The monoisotopic (exact) mass is 284 g/mol. The third kappa shape index (κ3) is 4.67. The van der Waals surface area contributed by atoms with E-state index in [1.807, 2.05) is 0 Å². The Morgan fingerprint density at radius 2 is 2.12 bits per heavy atom. The lowest BCUT2D eigenvalue weighted by atomic mass is 9.94. The minimum Gasteiger partial charge on any atom is -0.385 e. The first-order valence-electron chi connectivity index (χ1n) is 5.89. The molecule has 16 heavy (non-hydrogen) atoms. The van der Waals surface area contributed by atoms with E-state index in [0.717, 1.165) is 18.4 Å². The number of aryl methyl sites for hydroxylation is 1. The average molecular weight is 285 g/mol. The van der Waals surface area contributed by atoms with Crippen molar-refractivity contribution in [3.63, 3.8) is 0 Å². The van der Waals surface area contributed by atoms with Gasteiger partial charge in [-0.2, -0.15) is 0 Å². The maximum absolute atomic E-state index is 5.07. The third-order valence-corrected chi connectivity index (χ3v) is 3.63. The molecule has 0 spiro atoms. The molecular formula is C14H21BrO. The number of ether oxygens (including phenoxy) is 1. The molecule has 1 aromatic rings. The molecule has 0 fully saturated rings. The molecule has 0 bridgehead atoms. The first-order valence-corrected chi connectivity index (χ1v) is 7.01. The molecule has 1 atom stereocenters. The number of halogens is 1. The maximum Gasteiger partial charge on any atom is 0.0462 e. The highest BCUT2D eigenvalue weighted by atomic mass is 79.9. The van der Waals surface area contributed by atoms with Crippen molar-refractivity contribution in [3.05, 3.63) is 35.4 Å². The zero-order valence-electron chi connectivity index (χ0n) is 10.2. The van der Waals surface area contributed by atoms with E-state index >= 15 is 0 Å². The molecule has 0 amide bonds. The summed E-state index contributed by atoms with van der Waals surface area (Å²) in [7, 11) is 1.77. The lowest BCUT2D eigenvalue weighted by Crippen LogP contribution is -2.01. The maximum atomic E-state index is 5.07. The van der Waals surface area contributed by atoms with Crippen LogP contribution in [-0.2, 0) is 4.74 Å². The van der Waals surface area contributed by atoms with Crippen molar-refractivity contribution < 1.29 is 4.74 Å². The van der Waals surface area contributed by atoms with Crippen LogP contribution < -0.4 is 0 Å². The predicted octanol–water partition coefficient (Wildman–Crippen LogP) is 4.29. The third-order valence-electron chi connectivity index (χ3n) is 2.85. The Labute approximate surface area is 107 Å². The number of alkyl halides is 1. The summed E-state index contributed by atoms with van der Waals surface area (Å²) in [5.41, 5.74) is 2.80. The lowest BCUT2D eigenvalue weighted by molar-refractivity contribution is 0.191. The van der Waals surface area contributed by atoms with Gasteiger partial charge in [-0.3, -0.25) is 0 Å². The van der Waals surface area contributed by atoms with Gasteiger partial charge in [0.25, 0.3) is 0 Å². The van der Waals surface area contributed by atoms with Crippen LogP contribution in [0.15, 0.2) is 24.3 Å². The lowest BCUT2D eigenvalue weighted by Gasteiger charge is -2.14. The van der Waals surface area contributed by atoms with E-state index in [1.54, 1.807) is 7.11 Å². The smallest absolute Gasteiger partial charge is 0.0462 e.